The molecule has 0 unspecified atom stereocenters. The molecule has 8 nitrogen and oxygen atoms in total. The van der Waals surface area contributed by atoms with Crippen LogP contribution in [0.2, 0.25) is 0 Å². The van der Waals surface area contributed by atoms with Gasteiger partial charge < -0.3 is 14.2 Å². The predicted molar refractivity (Wildman–Crippen MR) is 106 cm³/mol. The summed E-state index contributed by atoms with van der Waals surface area (Å²) in [6.45, 7) is 2.45. The minimum Gasteiger partial charge on any atom is -0.493 e. The Hall–Kier alpha value is -1.91. The fraction of sp³-hybridized carbons (Fsp3) is 0.556. The highest BCUT2D eigenvalue weighted by molar-refractivity contribution is 7.92. The van der Waals surface area contributed by atoms with E-state index in [9.17, 15) is 8.42 Å². The van der Waals surface area contributed by atoms with E-state index in [1.807, 2.05) is 12.1 Å². The maximum Gasteiger partial charge on any atom is 0.203 e. The number of rotatable bonds is 7. The molecule has 0 amide bonds. The van der Waals surface area contributed by atoms with Crippen molar-refractivity contribution in [3.63, 3.8) is 0 Å². The maximum absolute atomic E-state index is 11.9. The van der Waals surface area contributed by atoms with E-state index >= 15 is 0 Å². The zero-order valence-electron chi connectivity index (χ0n) is 16.5. The van der Waals surface area contributed by atoms with Gasteiger partial charge in [0.25, 0.3) is 0 Å². The molecule has 28 heavy (non-hydrogen) atoms. The summed E-state index contributed by atoms with van der Waals surface area (Å²) in [5.41, 5.74) is 1.69. The van der Waals surface area contributed by atoms with Gasteiger partial charge in [-0.3, -0.25) is 4.90 Å². The molecule has 0 radical (unpaired) electrons. The monoisotopic (exact) mass is 427 g/mol. The second-order valence-electron chi connectivity index (χ2n) is 6.80. The second-order valence-corrected chi connectivity index (χ2v) is 9.77. The van der Waals surface area contributed by atoms with Gasteiger partial charge in [-0.05, 0) is 43.6 Å². The number of aromatic nitrogens is 2. The van der Waals surface area contributed by atoms with Gasteiger partial charge in [-0.1, -0.05) is 4.49 Å². The highest BCUT2D eigenvalue weighted by Crippen LogP contribution is 2.39. The minimum absolute atomic E-state index is 0.125. The predicted octanol–water partition coefficient (Wildman–Crippen LogP) is 2.35. The molecule has 154 valence electrons. The van der Waals surface area contributed by atoms with E-state index in [-0.39, 0.29) is 5.92 Å². The van der Waals surface area contributed by atoms with Crippen LogP contribution in [0.25, 0.3) is 0 Å². The number of ether oxygens (including phenoxy) is 3. The van der Waals surface area contributed by atoms with Gasteiger partial charge in [0.15, 0.2) is 25.5 Å². The summed E-state index contributed by atoms with van der Waals surface area (Å²) >= 11 is 0.963. The molecule has 1 aromatic carbocycles. The molecule has 1 aromatic heterocycles. The molecule has 1 aliphatic rings. The van der Waals surface area contributed by atoms with Crippen LogP contribution in [0.4, 0.5) is 0 Å². The van der Waals surface area contributed by atoms with E-state index in [1.165, 1.54) is 6.26 Å². The molecule has 1 saturated heterocycles. The molecular formula is C18H25N3O5S2. The summed E-state index contributed by atoms with van der Waals surface area (Å²) in [4.78, 5) is 2.33. The Morgan fingerprint density at radius 1 is 1.11 bits per heavy atom. The number of nitrogens with zero attached hydrogens (tertiary/aromatic N) is 3. The Morgan fingerprint density at radius 2 is 1.71 bits per heavy atom. The molecule has 0 N–H and O–H groups in total. The third-order valence-electron chi connectivity index (χ3n) is 4.92. The second kappa shape index (κ2) is 8.62. The van der Waals surface area contributed by atoms with E-state index in [0.29, 0.717) is 27.2 Å². The van der Waals surface area contributed by atoms with E-state index < -0.39 is 9.84 Å². The Bertz CT molecular complexity index is 896. The number of hydrogen-bond acceptors (Lipinski definition) is 9. The van der Waals surface area contributed by atoms with E-state index in [4.69, 9.17) is 14.2 Å². The lowest BCUT2D eigenvalue weighted by molar-refractivity contribution is 0.202. The van der Waals surface area contributed by atoms with Gasteiger partial charge in [0.05, 0.1) is 27.0 Å². The summed E-state index contributed by atoms with van der Waals surface area (Å²) in [5.74, 6) is 1.98. The molecule has 0 saturated carbocycles. The summed E-state index contributed by atoms with van der Waals surface area (Å²) in [6, 6.07) is 3.92. The molecule has 2 aromatic rings. The van der Waals surface area contributed by atoms with Gasteiger partial charge in [0.1, 0.15) is 0 Å². The summed E-state index contributed by atoms with van der Waals surface area (Å²) in [5, 5.41) is 4.10. The van der Waals surface area contributed by atoms with Crippen molar-refractivity contribution in [3.05, 3.63) is 23.4 Å². The third-order valence-corrected chi connectivity index (χ3v) is 7.48. The van der Waals surface area contributed by atoms with Crippen LogP contribution in [-0.2, 0) is 16.4 Å². The van der Waals surface area contributed by atoms with Crippen LogP contribution in [-0.4, -0.2) is 63.6 Å². The van der Waals surface area contributed by atoms with Crippen molar-refractivity contribution in [2.75, 3.05) is 40.7 Å². The zero-order chi connectivity index (χ0) is 20.3. The maximum atomic E-state index is 11.9. The topological polar surface area (TPSA) is 90.9 Å². The molecule has 1 fully saturated rings. The molecular weight excluding hydrogens is 402 g/mol. The van der Waals surface area contributed by atoms with Crippen LogP contribution in [0.1, 0.15) is 30.0 Å². The van der Waals surface area contributed by atoms with Crippen molar-refractivity contribution in [3.8, 4) is 17.2 Å². The van der Waals surface area contributed by atoms with E-state index in [0.717, 1.165) is 49.6 Å². The first-order valence-corrected chi connectivity index (χ1v) is 11.6. The Kier molecular flexibility index (Phi) is 6.41. The molecule has 0 bridgehead atoms. The van der Waals surface area contributed by atoms with Crippen molar-refractivity contribution in [1.82, 2.24) is 14.5 Å². The molecule has 0 aliphatic carbocycles. The molecule has 2 heterocycles. The lowest BCUT2D eigenvalue weighted by Gasteiger charge is -2.31. The van der Waals surface area contributed by atoms with Crippen molar-refractivity contribution in [2.24, 2.45) is 0 Å². The van der Waals surface area contributed by atoms with Crippen molar-refractivity contribution in [1.29, 1.82) is 0 Å². The first-order chi connectivity index (χ1) is 13.4. The van der Waals surface area contributed by atoms with Crippen LogP contribution in [0.15, 0.2) is 16.3 Å². The van der Waals surface area contributed by atoms with Crippen LogP contribution in [0, 0.1) is 0 Å². The number of piperidine rings is 1. The smallest absolute Gasteiger partial charge is 0.203 e. The van der Waals surface area contributed by atoms with Crippen LogP contribution < -0.4 is 14.2 Å². The quantitative estimate of drug-likeness (QED) is 0.665. The zero-order valence-corrected chi connectivity index (χ0v) is 18.1. The fourth-order valence-corrected chi connectivity index (χ4v) is 5.28. The highest BCUT2D eigenvalue weighted by Gasteiger charge is 2.29. The molecule has 0 spiro atoms. The standard InChI is InChI=1S/C18H25N3O5S2/c1-24-14-9-12(10-15(25-2)17(14)26-3)11-21-7-5-13(6-8-21)16-18(27-20-19-16)28(4,22)23/h9-10,13H,5-8,11H2,1-4H3. The van der Waals surface area contributed by atoms with Crippen LogP contribution in [0.3, 0.4) is 0 Å². The third kappa shape index (κ3) is 4.39. The van der Waals surface area contributed by atoms with Gasteiger partial charge in [0, 0.05) is 30.3 Å². The van der Waals surface area contributed by atoms with Crippen LogP contribution >= 0.6 is 11.5 Å². The van der Waals surface area contributed by atoms with Crippen molar-refractivity contribution in [2.45, 2.75) is 29.5 Å². The first kappa shape index (κ1) is 20.8. The van der Waals surface area contributed by atoms with E-state index in [2.05, 4.69) is 14.5 Å². The van der Waals surface area contributed by atoms with E-state index in [1.54, 1.807) is 21.3 Å². The van der Waals surface area contributed by atoms with Crippen LogP contribution in [0.5, 0.6) is 17.2 Å². The van der Waals surface area contributed by atoms with Gasteiger partial charge >= 0.3 is 0 Å². The average Bonchev–Trinajstić information content (AvgIpc) is 3.18. The lowest BCUT2D eigenvalue weighted by Crippen LogP contribution is -2.32. The highest BCUT2D eigenvalue weighted by atomic mass is 32.2. The van der Waals surface area contributed by atoms with Crippen molar-refractivity contribution < 1.29 is 22.6 Å². The van der Waals surface area contributed by atoms with Gasteiger partial charge in [-0.15, -0.1) is 5.10 Å². The fourth-order valence-electron chi connectivity index (χ4n) is 3.54. The molecule has 0 atom stereocenters. The number of benzene rings is 1. The average molecular weight is 428 g/mol. The SMILES string of the molecule is COc1cc(CN2CCC(c3nnsc3S(C)(=O)=O)CC2)cc(OC)c1OC. The first-order valence-electron chi connectivity index (χ1n) is 8.91. The normalized spacial score (nSPS) is 16.1. The number of hydrogen-bond donors (Lipinski definition) is 0. The number of methoxy groups -OCH3 is 3. The lowest BCUT2D eigenvalue weighted by atomic mass is 9.94. The summed E-state index contributed by atoms with van der Waals surface area (Å²) in [6.07, 6.45) is 2.90. The Morgan fingerprint density at radius 3 is 2.21 bits per heavy atom. The molecule has 10 heteroatoms. The minimum atomic E-state index is -3.28. The van der Waals surface area contributed by atoms with Crippen molar-refractivity contribution >= 4 is 21.4 Å². The Labute approximate surface area is 169 Å². The van der Waals surface area contributed by atoms with Gasteiger partial charge in [-0.25, -0.2) is 8.42 Å². The summed E-state index contributed by atoms with van der Waals surface area (Å²) < 4.78 is 44.2. The number of sulfone groups is 1. The Balaban J connectivity index is 1.69. The van der Waals surface area contributed by atoms with Gasteiger partial charge in [-0.2, -0.15) is 0 Å². The molecule has 3 rings (SSSR count). The number of likely N-dealkylation sites (tertiary alicyclic amines) is 1. The summed E-state index contributed by atoms with van der Waals surface area (Å²) in [7, 11) is 1.51. The van der Waals surface area contributed by atoms with Gasteiger partial charge in [0.2, 0.25) is 5.75 Å². The molecule has 1 aliphatic heterocycles. The largest absolute Gasteiger partial charge is 0.493 e.